The van der Waals surface area contributed by atoms with Crippen LogP contribution >= 0.6 is 0 Å². The minimum Gasteiger partial charge on any atom is -0.462 e. The standard InChI is InChI=1S/C13H17N5O2/c1-3-20-13(19)10-4-5-11(15-8-10)14-7-6-12-17-16-9-18(12)2/h4-5,8-9H,3,6-7H2,1-2H3,(H,14,15). The normalized spacial score (nSPS) is 10.3. The summed E-state index contributed by atoms with van der Waals surface area (Å²) >= 11 is 0. The number of aromatic nitrogens is 4. The Kier molecular flexibility index (Phi) is 4.65. The van der Waals surface area contributed by atoms with E-state index >= 15 is 0 Å². The summed E-state index contributed by atoms with van der Waals surface area (Å²) in [5.41, 5.74) is 0.450. The van der Waals surface area contributed by atoms with Crippen molar-refractivity contribution in [2.75, 3.05) is 18.5 Å². The van der Waals surface area contributed by atoms with Crippen molar-refractivity contribution >= 4 is 11.8 Å². The molecule has 2 heterocycles. The largest absolute Gasteiger partial charge is 0.462 e. The van der Waals surface area contributed by atoms with Crippen LogP contribution in [0.25, 0.3) is 0 Å². The van der Waals surface area contributed by atoms with Gasteiger partial charge >= 0.3 is 5.97 Å². The third-order valence-electron chi connectivity index (χ3n) is 2.73. The number of anilines is 1. The van der Waals surface area contributed by atoms with Gasteiger partial charge in [0.1, 0.15) is 18.0 Å². The molecule has 106 valence electrons. The molecule has 0 aromatic carbocycles. The molecule has 1 N–H and O–H groups in total. The monoisotopic (exact) mass is 275 g/mol. The lowest BCUT2D eigenvalue weighted by atomic mass is 10.3. The van der Waals surface area contributed by atoms with Crippen molar-refractivity contribution in [3.8, 4) is 0 Å². The summed E-state index contributed by atoms with van der Waals surface area (Å²) in [6.07, 6.45) is 3.92. The number of hydrogen-bond donors (Lipinski definition) is 1. The second-order valence-corrected chi connectivity index (χ2v) is 4.19. The van der Waals surface area contributed by atoms with Gasteiger partial charge < -0.3 is 14.6 Å². The molecule has 0 unspecified atom stereocenters. The first-order chi connectivity index (χ1) is 9.70. The summed E-state index contributed by atoms with van der Waals surface area (Å²) in [7, 11) is 1.90. The van der Waals surface area contributed by atoms with Crippen molar-refractivity contribution in [3.05, 3.63) is 36.0 Å². The van der Waals surface area contributed by atoms with E-state index in [-0.39, 0.29) is 5.97 Å². The summed E-state index contributed by atoms with van der Waals surface area (Å²) < 4.78 is 6.77. The number of pyridine rings is 1. The van der Waals surface area contributed by atoms with Crippen molar-refractivity contribution in [1.82, 2.24) is 19.7 Å². The average molecular weight is 275 g/mol. The van der Waals surface area contributed by atoms with E-state index in [0.717, 1.165) is 12.2 Å². The average Bonchev–Trinajstić information content (AvgIpc) is 2.85. The number of nitrogens with zero attached hydrogens (tertiary/aromatic N) is 4. The number of carbonyl (C=O) groups excluding carboxylic acids is 1. The van der Waals surface area contributed by atoms with Crippen LogP contribution < -0.4 is 5.32 Å². The van der Waals surface area contributed by atoms with Gasteiger partial charge in [0.25, 0.3) is 0 Å². The number of aryl methyl sites for hydroxylation is 1. The van der Waals surface area contributed by atoms with Gasteiger partial charge in [0.2, 0.25) is 0 Å². The number of rotatable bonds is 6. The summed E-state index contributed by atoms with van der Waals surface area (Å²) in [5.74, 6) is 1.26. The number of nitrogens with one attached hydrogen (secondary N) is 1. The van der Waals surface area contributed by atoms with Crippen molar-refractivity contribution in [2.24, 2.45) is 7.05 Å². The highest BCUT2D eigenvalue weighted by atomic mass is 16.5. The molecule has 0 aliphatic rings. The first-order valence-corrected chi connectivity index (χ1v) is 6.40. The second-order valence-electron chi connectivity index (χ2n) is 4.19. The molecule has 0 atom stereocenters. The molecule has 0 fully saturated rings. The zero-order valence-electron chi connectivity index (χ0n) is 11.5. The molecule has 7 heteroatoms. The fourth-order valence-corrected chi connectivity index (χ4v) is 1.67. The van der Waals surface area contributed by atoms with Gasteiger partial charge in [-0.1, -0.05) is 0 Å². The molecule has 20 heavy (non-hydrogen) atoms. The van der Waals surface area contributed by atoms with Gasteiger partial charge in [-0.3, -0.25) is 0 Å². The van der Waals surface area contributed by atoms with Gasteiger partial charge in [-0.2, -0.15) is 0 Å². The summed E-state index contributed by atoms with van der Waals surface area (Å²) in [5, 5.41) is 11.0. The van der Waals surface area contributed by atoms with E-state index in [1.165, 1.54) is 6.20 Å². The van der Waals surface area contributed by atoms with Crippen LogP contribution in [0.15, 0.2) is 24.7 Å². The lowest BCUT2D eigenvalue weighted by Gasteiger charge is -2.06. The van der Waals surface area contributed by atoms with Crippen LogP contribution in [0.4, 0.5) is 5.82 Å². The Morgan fingerprint density at radius 3 is 2.90 bits per heavy atom. The molecule has 0 saturated carbocycles. The van der Waals surface area contributed by atoms with E-state index < -0.39 is 0 Å². The van der Waals surface area contributed by atoms with Gasteiger partial charge in [0.05, 0.1) is 12.2 Å². The smallest absolute Gasteiger partial charge is 0.339 e. The molecule has 2 aromatic heterocycles. The first kappa shape index (κ1) is 14.0. The molecule has 0 bridgehead atoms. The number of carbonyl (C=O) groups is 1. The van der Waals surface area contributed by atoms with Crippen molar-refractivity contribution in [1.29, 1.82) is 0 Å². The third-order valence-corrected chi connectivity index (χ3v) is 2.73. The SMILES string of the molecule is CCOC(=O)c1ccc(NCCc2nncn2C)nc1. The Morgan fingerprint density at radius 2 is 2.30 bits per heavy atom. The van der Waals surface area contributed by atoms with Crippen molar-refractivity contribution in [2.45, 2.75) is 13.3 Å². The molecular weight excluding hydrogens is 258 g/mol. The van der Waals surface area contributed by atoms with E-state index in [2.05, 4.69) is 20.5 Å². The Bertz CT molecular complexity index is 564. The van der Waals surface area contributed by atoms with E-state index in [4.69, 9.17) is 4.74 Å². The quantitative estimate of drug-likeness (QED) is 0.793. The van der Waals surface area contributed by atoms with E-state index in [0.29, 0.717) is 24.5 Å². The Labute approximate surface area is 117 Å². The van der Waals surface area contributed by atoms with Gasteiger partial charge in [-0.15, -0.1) is 10.2 Å². The molecule has 2 aromatic rings. The summed E-state index contributed by atoms with van der Waals surface area (Å²) in [4.78, 5) is 15.6. The molecule has 0 radical (unpaired) electrons. The molecule has 0 aliphatic heterocycles. The van der Waals surface area contributed by atoms with Gasteiger partial charge in [-0.05, 0) is 19.1 Å². The summed E-state index contributed by atoms with van der Waals surface area (Å²) in [6, 6.07) is 3.44. The number of ether oxygens (including phenoxy) is 1. The van der Waals surface area contributed by atoms with Gasteiger partial charge in [-0.25, -0.2) is 9.78 Å². The zero-order valence-corrected chi connectivity index (χ0v) is 11.5. The Hall–Kier alpha value is -2.44. The minimum atomic E-state index is -0.356. The third kappa shape index (κ3) is 3.53. The Balaban J connectivity index is 1.85. The van der Waals surface area contributed by atoms with E-state index in [1.54, 1.807) is 25.4 Å². The predicted molar refractivity (Wildman–Crippen MR) is 73.4 cm³/mol. The minimum absolute atomic E-state index is 0.356. The van der Waals surface area contributed by atoms with Crippen molar-refractivity contribution in [3.63, 3.8) is 0 Å². The molecular formula is C13H17N5O2. The van der Waals surface area contributed by atoms with Crippen LogP contribution in [0.2, 0.25) is 0 Å². The first-order valence-electron chi connectivity index (χ1n) is 6.40. The highest BCUT2D eigenvalue weighted by molar-refractivity contribution is 5.89. The van der Waals surface area contributed by atoms with Crippen LogP contribution in [0.5, 0.6) is 0 Å². The Morgan fingerprint density at radius 1 is 1.45 bits per heavy atom. The molecule has 0 saturated heterocycles. The van der Waals surface area contributed by atoms with Gasteiger partial charge in [0, 0.05) is 26.2 Å². The number of hydrogen-bond acceptors (Lipinski definition) is 6. The van der Waals surface area contributed by atoms with Crippen LogP contribution in [0.1, 0.15) is 23.1 Å². The molecule has 0 amide bonds. The maximum Gasteiger partial charge on any atom is 0.339 e. The van der Waals surface area contributed by atoms with Gasteiger partial charge in [0.15, 0.2) is 0 Å². The summed E-state index contributed by atoms with van der Waals surface area (Å²) in [6.45, 7) is 2.82. The lowest BCUT2D eigenvalue weighted by Crippen LogP contribution is -2.10. The second kappa shape index (κ2) is 6.65. The molecule has 0 spiro atoms. The lowest BCUT2D eigenvalue weighted by molar-refractivity contribution is 0.0526. The zero-order chi connectivity index (χ0) is 14.4. The van der Waals surface area contributed by atoms with E-state index in [1.807, 2.05) is 11.6 Å². The van der Waals surface area contributed by atoms with Crippen molar-refractivity contribution < 1.29 is 9.53 Å². The van der Waals surface area contributed by atoms with E-state index in [9.17, 15) is 4.79 Å². The number of esters is 1. The predicted octanol–water partition coefficient (Wildman–Crippen LogP) is 1.04. The molecule has 7 nitrogen and oxygen atoms in total. The maximum absolute atomic E-state index is 11.5. The van der Waals surface area contributed by atoms with Crippen LogP contribution in [0.3, 0.4) is 0 Å². The van der Waals surface area contributed by atoms with Crippen LogP contribution in [0, 0.1) is 0 Å². The maximum atomic E-state index is 11.5. The van der Waals surface area contributed by atoms with Crippen LogP contribution in [-0.2, 0) is 18.2 Å². The fraction of sp³-hybridized carbons (Fsp3) is 0.385. The highest BCUT2D eigenvalue weighted by Crippen LogP contribution is 2.06. The topological polar surface area (TPSA) is 81.9 Å². The highest BCUT2D eigenvalue weighted by Gasteiger charge is 2.06. The molecule has 0 aliphatic carbocycles. The van der Waals surface area contributed by atoms with Crippen LogP contribution in [-0.4, -0.2) is 38.9 Å². The fourth-order valence-electron chi connectivity index (χ4n) is 1.67. The molecule has 2 rings (SSSR count).